The van der Waals surface area contributed by atoms with Crippen molar-refractivity contribution in [3.63, 3.8) is 0 Å². The smallest absolute Gasteiger partial charge is 0.315 e. The summed E-state index contributed by atoms with van der Waals surface area (Å²) in [5, 5.41) is 4.84. The van der Waals surface area contributed by atoms with Crippen molar-refractivity contribution in [2.24, 2.45) is 5.14 Å². The lowest BCUT2D eigenvalue weighted by atomic mass is 10.3. The second-order valence-corrected chi connectivity index (χ2v) is 4.62. The van der Waals surface area contributed by atoms with E-state index in [1.165, 1.54) is 0 Å². The quantitative estimate of drug-likeness (QED) is 0.647. The van der Waals surface area contributed by atoms with Crippen molar-refractivity contribution in [2.45, 2.75) is 6.43 Å². The summed E-state index contributed by atoms with van der Waals surface area (Å²) >= 11 is 0. The Morgan fingerprint density at radius 1 is 1.20 bits per heavy atom. The predicted molar refractivity (Wildman–Crippen MR) is 47.3 cm³/mol. The average Bonchev–Trinajstić information content (AvgIpc) is 2.15. The molecule has 0 bridgehead atoms. The van der Waals surface area contributed by atoms with E-state index < -0.39 is 22.5 Å². The standard InChI is InChI=1S/C6H11F2N3O3S/c7-5(8)6(12)10-1-3-11(4-2-10)15(9,13)14/h5H,1-4H2,(H2,9,13,14). The largest absolute Gasteiger partial charge is 0.335 e. The van der Waals surface area contributed by atoms with Crippen LogP contribution in [0.5, 0.6) is 0 Å². The lowest BCUT2D eigenvalue weighted by molar-refractivity contribution is -0.144. The maximum absolute atomic E-state index is 12.0. The first kappa shape index (κ1) is 12.3. The molecule has 9 heteroatoms. The van der Waals surface area contributed by atoms with Crippen LogP contribution in [0.15, 0.2) is 0 Å². The third-order valence-corrected chi connectivity index (χ3v) is 3.18. The number of hydrogen-bond acceptors (Lipinski definition) is 3. The fourth-order valence-electron chi connectivity index (χ4n) is 1.30. The number of nitrogens with zero attached hydrogens (tertiary/aromatic N) is 2. The van der Waals surface area contributed by atoms with E-state index in [-0.39, 0.29) is 26.2 Å². The lowest BCUT2D eigenvalue weighted by Crippen LogP contribution is -2.53. The molecule has 0 unspecified atom stereocenters. The van der Waals surface area contributed by atoms with Crippen LogP contribution in [0.25, 0.3) is 0 Å². The van der Waals surface area contributed by atoms with Gasteiger partial charge in [-0.05, 0) is 0 Å². The third kappa shape index (κ3) is 3.08. The van der Waals surface area contributed by atoms with Gasteiger partial charge in [0.25, 0.3) is 16.1 Å². The topological polar surface area (TPSA) is 83.7 Å². The molecule has 88 valence electrons. The van der Waals surface area contributed by atoms with Crippen LogP contribution in [-0.2, 0) is 15.0 Å². The van der Waals surface area contributed by atoms with Gasteiger partial charge in [0.15, 0.2) is 0 Å². The molecule has 0 spiro atoms. The summed E-state index contributed by atoms with van der Waals surface area (Å²) in [4.78, 5) is 11.8. The molecule has 2 N–H and O–H groups in total. The molecule has 1 fully saturated rings. The van der Waals surface area contributed by atoms with E-state index >= 15 is 0 Å². The zero-order valence-corrected chi connectivity index (χ0v) is 8.58. The second-order valence-electron chi connectivity index (χ2n) is 3.07. The fourth-order valence-corrected chi connectivity index (χ4v) is 1.97. The van der Waals surface area contributed by atoms with E-state index in [0.29, 0.717) is 0 Å². The number of carbonyl (C=O) groups excluding carboxylic acids is 1. The molecule has 0 radical (unpaired) electrons. The van der Waals surface area contributed by atoms with Gasteiger partial charge in [-0.3, -0.25) is 4.79 Å². The maximum Gasteiger partial charge on any atom is 0.315 e. The van der Waals surface area contributed by atoms with Gasteiger partial charge in [0.1, 0.15) is 0 Å². The number of halogens is 2. The number of hydrogen-bond donors (Lipinski definition) is 1. The van der Waals surface area contributed by atoms with Gasteiger partial charge in [-0.15, -0.1) is 0 Å². The van der Waals surface area contributed by atoms with Gasteiger partial charge < -0.3 is 4.90 Å². The van der Waals surface area contributed by atoms with Crippen LogP contribution < -0.4 is 5.14 Å². The Bertz CT molecular complexity index is 338. The van der Waals surface area contributed by atoms with Crippen LogP contribution in [0.4, 0.5) is 8.78 Å². The van der Waals surface area contributed by atoms with Crippen molar-refractivity contribution in [3.05, 3.63) is 0 Å². The Balaban J connectivity index is 2.53. The molecule has 15 heavy (non-hydrogen) atoms. The highest BCUT2D eigenvalue weighted by Gasteiger charge is 2.29. The normalized spacial score (nSPS) is 19.6. The fraction of sp³-hybridized carbons (Fsp3) is 0.833. The first-order valence-electron chi connectivity index (χ1n) is 4.17. The summed E-state index contributed by atoms with van der Waals surface area (Å²) in [6.07, 6.45) is -3.05. The minimum absolute atomic E-state index is 0.0444. The SMILES string of the molecule is NS(=O)(=O)N1CCN(C(=O)C(F)F)CC1. The number of piperazine rings is 1. The summed E-state index contributed by atoms with van der Waals surface area (Å²) in [5.41, 5.74) is 0. The van der Waals surface area contributed by atoms with Crippen molar-refractivity contribution in [1.82, 2.24) is 9.21 Å². The molecule has 0 aliphatic carbocycles. The summed E-state index contributed by atoms with van der Waals surface area (Å²) in [5.74, 6) is -1.27. The summed E-state index contributed by atoms with van der Waals surface area (Å²) < 4.78 is 46.6. The second kappa shape index (κ2) is 4.37. The summed E-state index contributed by atoms with van der Waals surface area (Å²) in [7, 11) is -3.79. The zero-order valence-electron chi connectivity index (χ0n) is 7.77. The summed E-state index contributed by atoms with van der Waals surface area (Å²) in [6.45, 7) is -0.201. The van der Waals surface area contributed by atoms with E-state index in [4.69, 9.17) is 5.14 Å². The Hall–Kier alpha value is -0.800. The highest BCUT2D eigenvalue weighted by atomic mass is 32.2. The molecule has 6 nitrogen and oxygen atoms in total. The average molecular weight is 243 g/mol. The molecular formula is C6H11F2N3O3S. The molecule has 0 atom stereocenters. The highest BCUT2D eigenvalue weighted by molar-refractivity contribution is 7.86. The maximum atomic E-state index is 12.0. The minimum Gasteiger partial charge on any atom is -0.335 e. The van der Waals surface area contributed by atoms with Gasteiger partial charge in [-0.1, -0.05) is 0 Å². The molecule has 1 aliphatic rings. The molecule has 1 saturated heterocycles. The molecule has 0 aromatic heterocycles. The van der Waals surface area contributed by atoms with Crippen LogP contribution in [-0.4, -0.2) is 56.1 Å². The van der Waals surface area contributed by atoms with E-state index in [1.807, 2.05) is 0 Å². The van der Waals surface area contributed by atoms with E-state index in [2.05, 4.69) is 0 Å². The number of alkyl halides is 2. The third-order valence-electron chi connectivity index (χ3n) is 2.10. The van der Waals surface area contributed by atoms with Gasteiger partial charge in [-0.25, -0.2) is 5.14 Å². The van der Waals surface area contributed by atoms with Crippen LogP contribution in [0.1, 0.15) is 0 Å². The number of amides is 1. The van der Waals surface area contributed by atoms with Crippen LogP contribution in [0, 0.1) is 0 Å². The van der Waals surface area contributed by atoms with E-state index in [0.717, 1.165) is 9.21 Å². The number of nitrogens with two attached hydrogens (primary N) is 1. The molecular weight excluding hydrogens is 232 g/mol. The van der Waals surface area contributed by atoms with Crippen molar-refractivity contribution in [1.29, 1.82) is 0 Å². The monoisotopic (exact) mass is 243 g/mol. The Labute approximate surface area is 85.8 Å². The summed E-state index contributed by atoms with van der Waals surface area (Å²) in [6, 6.07) is 0. The Morgan fingerprint density at radius 2 is 1.67 bits per heavy atom. The van der Waals surface area contributed by atoms with Gasteiger partial charge in [0, 0.05) is 26.2 Å². The van der Waals surface area contributed by atoms with E-state index in [9.17, 15) is 22.0 Å². The van der Waals surface area contributed by atoms with Crippen molar-refractivity contribution >= 4 is 16.1 Å². The molecule has 1 heterocycles. The zero-order chi connectivity index (χ0) is 11.6. The molecule has 0 aromatic rings. The molecule has 1 amide bonds. The van der Waals surface area contributed by atoms with Crippen molar-refractivity contribution in [2.75, 3.05) is 26.2 Å². The molecule has 0 saturated carbocycles. The van der Waals surface area contributed by atoms with Gasteiger partial charge in [0.2, 0.25) is 0 Å². The van der Waals surface area contributed by atoms with Crippen LogP contribution >= 0.6 is 0 Å². The number of carbonyl (C=O) groups is 1. The van der Waals surface area contributed by atoms with E-state index in [1.54, 1.807) is 0 Å². The van der Waals surface area contributed by atoms with Crippen LogP contribution in [0.3, 0.4) is 0 Å². The van der Waals surface area contributed by atoms with Crippen LogP contribution in [0.2, 0.25) is 0 Å². The molecule has 0 aromatic carbocycles. The predicted octanol–water partition coefficient (Wildman–Crippen LogP) is -1.40. The van der Waals surface area contributed by atoms with Gasteiger partial charge in [0.05, 0.1) is 0 Å². The van der Waals surface area contributed by atoms with Crippen molar-refractivity contribution < 1.29 is 22.0 Å². The Kier molecular flexibility index (Phi) is 3.58. The minimum atomic E-state index is -3.79. The first-order valence-corrected chi connectivity index (χ1v) is 5.67. The van der Waals surface area contributed by atoms with Crippen molar-refractivity contribution in [3.8, 4) is 0 Å². The van der Waals surface area contributed by atoms with Gasteiger partial charge in [-0.2, -0.15) is 21.5 Å². The van der Waals surface area contributed by atoms with Gasteiger partial charge >= 0.3 is 6.43 Å². The molecule has 1 aliphatic heterocycles. The Morgan fingerprint density at radius 3 is 2.00 bits per heavy atom. The first-order chi connectivity index (χ1) is 6.82. The highest BCUT2D eigenvalue weighted by Crippen LogP contribution is 2.07. The lowest BCUT2D eigenvalue weighted by Gasteiger charge is -2.32. The number of rotatable bonds is 2. The molecule has 1 rings (SSSR count).